The maximum atomic E-state index is 11.8. The number of nitrogens with one attached hydrogen (secondary N) is 2. The van der Waals surface area contributed by atoms with Gasteiger partial charge in [-0.3, -0.25) is 9.52 Å². The van der Waals surface area contributed by atoms with Gasteiger partial charge in [-0.05, 0) is 31.5 Å². The summed E-state index contributed by atoms with van der Waals surface area (Å²) in [6, 6.07) is 6.48. The summed E-state index contributed by atoms with van der Waals surface area (Å²) in [7, 11) is -3.33. The lowest BCUT2D eigenvalue weighted by atomic mass is 10.1. The molecule has 2 N–H and O–H groups in total. The van der Waals surface area contributed by atoms with Crippen LogP contribution in [0.15, 0.2) is 24.3 Å². The molecule has 5 nitrogen and oxygen atoms in total. The molecule has 0 aromatic heterocycles. The molecule has 0 saturated carbocycles. The van der Waals surface area contributed by atoms with Gasteiger partial charge in [0, 0.05) is 17.3 Å². The first kappa shape index (κ1) is 14.5. The van der Waals surface area contributed by atoms with E-state index in [4.69, 9.17) is 0 Å². The van der Waals surface area contributed by atoms with Gasteiger partial charge in [0.05, 0.1) is 6.26 Å². The lowest BCUT2D eigenvalue weighted by molar-refractivity contribution is 0.0939. The third-order valence-electron chi connectivity index (χ3n) is 2.42. The van der Waals surface area contributed by atoms with Crippen LogP contribution in [0.3, 0.4) is 0 Å². The lowest BCUT2D eigenvalue weighted by Gasteiger charge is -2.12. The molecule has 1 aromatic carbocycles. The number of carbonyl (C=O) groups excluding carboxylic acids is 1. The van der Waals surface area contributed by atoms with E-state index in [1.54, 1.807) is 18.2 Å². The minimum absolute atomic E-state index is 0.0871. The molecule has 0 heterocycles. The van der Waals surface area contributed by atoms with Crippen molar-refractivity contribution in [3.63, 3.8) is 0 Å². The first-order valence-electron chi connectivity index (χ1n) is 5.70. The van der Waals surface area contributed by atoms with Gasteiger partial charge in [-0.15, -0.1) is 0 Å². The Kier molecular flexibility index (Phi) is 4.72. The predicted molar refractivity (Wildman–Crippen MR) is 72.1 cm³/mol. The SMILES string of the molecule is CC[C@H](C)NC(=O)c1cccc(NS(C)(=O)=O)c1. The minimum Gasteiger partial charge on any atom is -0.350 e. The molecule has 0 aliphatic heterocycles. The number of hydrogen-bond acceptors (Lipinski definition) is 3. The summed E-state index contributed by atoms with van der Waals surface area (Å²) >= 11 is 0. The maximum Gasteiger partial charge on any atom is 0.251 e. The van der Waals surface area contributed by atoms with Crippen LogP contribution < -0.4 is 10.0 Å². The quantitative estimate of drug-likeness (QED) is 0.853. The van der Waals surface area contributed by atoms with Crippen molar-refractivity contribution in [2.45, 2.75) is 26.3 Å². The number of anilines is 1. The van der Waals surface area contributed by atoms with Crippen LogP contribution in [0.25, 0.3) is 0 Å². The molecule has 0 aliphatic carbocycles. The van der Waals surface area contributed by atoms with Gasteiger partial charge in [0.2, 0.25) is 10.0 Å². The standard InChI is InChI=1S/C12H18N2O3S/c1-4-9(2)13-12(15)10-6-5-7-11(8-10)14-18(3,16)17/h5-9,14H,4H2,1-3H3,(H,13,15)/t9-/m0/s1. The first-order valence-corrected chi connectivity index (χ1v) is 7.59. The fourth-order valence-corrected chi connectivity index (χ4v) is 1.90. The van der Waals surface area contributed by atoms with Crippen molar-refractivity contribution in [2.24, 2.45) is 0 Å². The number of carbonyl (C=O) groups is 1. The molecular formula is C12H18N2O3S. The fourth-order valence-electron chi connectivity index (χ4n) is 1.35. The van der Waals surface area contributed by atoms with E-state index < -0.39 is 10.0 Å². The summed E-state index contributed by atoms with van der Waals surface area (Å²) in [5.74, 6) is -0.207. The Morgan fingerprint density at radius 1 is 1.39 bits per heavy atom. The molecule has 0 saturated heterocycles. The van der Waals surface area contributed by atoms with E-state index in [2.05, 4.69) is 10.0 Å². The Morgan fingerprint density at radius 2 is 2.06 bits per heavy atom. The molecule has 1 aromatic rings. The van der Waals surface area contributed by atoms with Gasteiger partial charge < -0.3 is 5.32 Å². The number of rotatable bonds is 5. The zero-order chi connectivity index (χ0) is 13.8. The average molecular weight is 270 g/mol. The van der Waals surface area contributed by atoms with Crippen LogP contribution in [0, 0.1) is 0 Å². The van der Waals surface area contributed by atoms with Crippen molar-refractivity contribution >= 4 is 21.6 Å². The van der Waals surface area contributed by atoms with E-state index in [1.807, 2.05) is 13.8 Å². The van der Waals surface area contributed by atoms with E-state index in [-0.39, 0.29) is 11.9 Å². The van der Waals surface area contributed by atoms with Crippen LogP contribution in [0.2, 0.25) is 0 Å². The van der Waals surface area contributed by atoms with Gasteiger partial charge in [-0.1, -0.05) is 13.0 Å². The second-order valence-corrected chi connectivity index (χ2v) is 5.99. The topological polar surface area (TPSA) is 75.3 Å². The third-order valence-corrected chi connectivity index (χ3v) is 3.02. The molecule has 1 amide bonds. The summed E-state index contributed by atoms with van der Waals surface area (Å²) in [6.45, 7) is 3.89. The summed E-state index contributed by atoms with van der Waals surface area (Å²) in [5.41, 5.74) is 0.818. The molecule has 0 radical (unpaired) electrons. The zero-order valence-electron chi connectivity index (χ0n) is 10.7. The van der Waals surface area contributed by atoms with E-state index in [0.717, 1.165) is 12.7 Å². The van der Waals surface area contributed by atoms with Crippen molar-refractivity contribution in [3.8, 4) is 0 Å². The molecule has 1 rings (SSSR count). The van der Waals surface area contributed by atoms with E-state index >= 15 is 0 Å². The maximum absolute atomic E-state index is 11.8. The van der Waals surface area contributed by atoms with Crippen molar-refractivity contribution in [1.29, 1.82) is 0 Å². The highest BCUT2D eigenvalue weighted by molar-refractivity contribution is 7.92. The van der Waals surface area contributed by atoms with Crippen molar-refractivity contribution < 1.29 is 13.2 Å². The van der Waals surface area contributed by atoms with Gasteiger partial charge in [0.15, 0.2) is 0 Å². The minimum atomic E-state index is -3.33. The summed E-state index contributed by atoms with van der Waals surface area (Å²) in [5, 5.41) is 2.82. The van der Waals surface area contributed by atoms with Crippen LogP contribution in [0.5, 0.6) is 0 Å². The van der Waals surface area contributed by atoms with E-state index in [0.29, 0.717) is 11.3 Å². The van der Waals surface area contributed by atoms with Crippen LogP contribution in [0.1, 0.15) is 30.6 Å². The Morgan fingerprint density at radius 3 is 2.61 bits per heavy atom. The predicted octanol–water partition coefficient (Wildman–Crippen LogP) is 1.59. The molecule has 6 heteroatoms. The molecule has 1 atom stereocenters. The van der Waals surface area contributed by atoms with E-state index in [1.165, 1.54) is 6.07 Å². The van der Waals surface area contributed by atoms with Crippen LogP contribution in [-0.4, -0.2) is 26.6 Å². The molecule has 0 aliphatic rings. The van der Waals surface area contributed by atoms with Gasteiger partial charge in [0.1, 0.15) is 0 Å². The number of sulfonamides is 1. The van der Waals surface area contributed by atoms with Crippen molar-refractivity contribution in [3.05, 3.63) is 29.8 Å². The highest BCUT2D eigenvalue weighted by atomic mass is 32.2. The molecular weight excluding hydrogens is 252 g/mol. The monoisotopic (exact) mass is 270 g/mol. The smallest absolute Gasteiger partial charge is 0.251 e. The normalized spacial score (nSPS) is 12.8. The van der Waals surface area contributed by atoms with Gasteiger partial charge in [-0.25, -0.2) is 8.42 Å². The highest BCUT2D eigenvalue weighted by Crippen LogP contribution is 2.12. The average Bonchev–Trinajstić information content (AvgIpc) is 2.26. The van der Waals surface area contributed by atoms with Gasteiger partial charge in [0.25, 0.3) is 5.91 Å². The molecule has 0 fully saturated rings. The second-order valence-electron chi connectivity index (χ2n) is 4.24. The Hall–Kier alpha value is -1.56. The van der Waals surface area contributed by atoms with Crippen LogP contribution in [0.4, 0.5) is 5.69 Å². The zero-order valence-corrected chi connectivity index (χ0v) is 11.5. The molecule has 0 bridgehead atoms. The van der Waals surface area contributed by atoms with Crippen molar-refractivity contribution in [2.75, 3.05) is 11.0 Å². The molecule has 0 spiro atoms. The van der Waals surface area contributed by atoms with Crippen molar-refractivity contribution in [1.82, 2.24) is 5.32 Å². The Bertz CT molecular complexity index is 526. The lowest BCUT2D eigenvalue weighted by Crippen LogP contribution is -2.31. The molecule has 0 unspecified atom stereocenters. The summed E-state index contributed by atoms with van der Waals surface area (Å²) in [4.78, 5) is 11.8. The van der Waals surface area contributed by atoms with Crippen LogP contribution in [-0.2, 0) is 10.0 Å². The Labute approximate surface area is 108 Å². The second kappa shape index (κ2) is 5.86. The van der Waals surface area contributed by atoms with Gasteiger partial charge in [-0.2, -0.15) is 0 Å². The fraction of sp³-hybridized carbons (Fsp3) is 0.417. The van der Waals surface area contributed by atoms with Crippen LogP contribution >= 0.6 is 0 Å². The van der Waals surface area contributed by atoms with E-state index in [9.17, 15) is 13.2 Å². The summed E-state index contributed by atoms with van der Waals surface area (Å²) < 4.78 is 24.5. The Balaban J connectivity index is 2.85. The highest BCUT2D eigenvalue weighted by Gasteiger charge is 2.10. The molecule has 100 valence electrons. The largest absolute Gasteiger partial charge is 0.350 e. The number of hydrogen-bond donors (Lipinski definition) is 2. The number of benzene rings is 1. The number of amides is 1. The first-order chi connectivity index (χ1) is 8.31. The van der Waals surface area contributed by atoms with Gasteiger partial charge >= 0.3 is 0 Å². The third kappa shape index (κ3) is 4.75. The summed E-state index contributed by atoms with van der Waals surface area (Å²) in [6.07, 6.45) is 1.91. The molecule has 18 heavy (non-hydrogen) atoms.